The van der Waals surface area contributed by atoms with Crippen molar-refractivity contribution in [2.45, 2.75) is 32.2 Å². The molecule has 3 unspecified atom stereocenters. The first-order valence-corrected chi connectivity index (χ1v) is 5.28. The number of hydrogen-bond donors (Lipinski definition) is 3. The molecule has 0 bridgehead atoms. The molecule has 0 amide bonds. The molecule has 1 fully saturated rings. The van der Waals surface area contributed by atoms with Crippen LogP contribution in [0.25, 0.3) is 0 Å². The van der Waals surface area contributed by atoms with E-state index in [4.69, 9.17) is 10.8 Å². The van der Waals surface area contributed by atoms with Crippen LogP contribution in [0, 0.1) is 11.8 Å². The van der Waals surface area contributed by atoms with Crippen LogP contribution in [0.3, 0.4) is 0 Å². The Hall–Kier alpha value is -0.610. The van der Waals surface area contributed by atoms with Crippen molar-refractivity contribution in [2.24, 2.45) is 17.6 Å². The van der Waals surface area contributed by atoms with Gasteiger partial charge in [0.05, 0.1) is 0 Å². The minimum atomic E-state index is -0.933. The molecule has 3 atom stereocenters. The Balaban J connectivity index is 2.07. The van der Waals surface area contributed by atoms with Gasteiger partial charge >= 0.3 is 5.97 Å². The molecule has 1 saturated carbocycles. The van der Waals surface area contributed by atoms with Gasteiger partial charge in [-0.2, -0.15) is 0 Å². The Morgan fingerprint density at radius 3 is 2.86 bits per heavy atom. The summed E-state index contributed by atoms with van der Waals surface area (Å²) in [6.45, 7) is 3.55. The molecule has 4 heteroatoms. The molecule has 0 spiro atoms. The quantitative estimate of drug-likeness (QED) is 0.601. The lowest BCUT2D eigenvalue weighted by Crippen LogP contribution is -2.41. The molecule has 1 aliphatic rings. The van der Waals surface area contributed by atoms with Gasteiger partial charge in [-0.3, -0.25) is 4.79 Å². The van der Waals surface area contributed by atoms with E-state index in [-0.39, 0.29) is 0 Å². The summed E-state index contributed by atoms with van der Waals surface area (Å²) in [6, 6.07) is -0.770. The summed E-state index contributed by atoms with van der Waals surface area (Å²) < 4.78 is 0. The van der Waals surface area contributed by atoms with Gasteiger partial charge in [-0.15, -0.1) is 0 Å². The molecule has 14 heavy (non-hydrogen) atoms. The lowest BCUT2D eigenvalue weighted by molar-refractivity contribution is -0.138. The van der Waals surface area contributed by atoms with Gasteiger partial charge < -0.3 is 16.2 Å². The summed E-state index contributed by atoms with van der Waals surface area (Å²) in [4.78, 5) is 10.4. The standard InChI is InChI=1S/C10H20N2O2/c1-7-2-3-8(4-7)5-12-6-9(11)10(13)14/h7-9,12H,2-6,11H2,1H3,(H,13,14). The van der Waals surface area contributed by atoms with Crippen LogP contribution in [0.4, 0.5) is 0 Å². The highest BCUT2D eigenvalue weighted by molar-refractivity contribution is 5.73. The third kappa shape index (κ3) is 3.64. The average molecular weight is 200 g/mol. The summed E-state index contributed by atoms with van der Waals surface area (Å²) in [6.07, 6.45) is 3.82. The fourth-order valence-corrected chi connectivity index (χ4v) is 2.04. The number of carboxylic acids is 1. The predicted octanol–water partition coefficient (Wildman–Crippen LogP) is 0.424. The van der Waals surface area contributed by atoms with Crippen LogP contribution in [0.15, 0.2) is 0 Å². The van der Waals surface area contributed by atoms with E-state index in [1.54, 1.807) is 0 Å². The predicted molar refractivity (Wildman–Crippen MR) is 55.0 cm³/mol. The average Bonchev–Trinajstić information content (AvgIpc) is 2.51. The minimum absolute atomic E-state index is 0.375. The van der Waals surface area contributed by atoms with Gasteiger partial charge in [0.15, 0.2) is 0 Å². The lowest BCUT2D eigenvalue weighted by Gasteiger charge is -2.12. The summed E-state index contributed by atoms with van der Waals surface area (Å²) >= 11 is 0. The molecule has 4 N–H and O–H groups in total. The van der Waals surface area contributed by atoms with Crippen LogP contribution in [0.2, 0.25) is 0 Å². The van der Waals surface area contributed by atoms with Gasteiger partial charge in [0.2, 0.25) is 0 Å². The van der Waals surface area contributed by atoms with Crippen LogP contribution in [0.5, 0.6) is 0 Å². The zero-order valence-electron chi connectivity index (χ0n) is 8.70. The van der Waals surface area contributed by atoms with E-state index >= 15 is 0 Å². The van der Waals surface area contributed by atoms with Crippen LogP contribution in [-0.4, -0.2) is 30.2 Å². The van der Waals surface area contributed by atoms with Gasteiger partial charge in [0, 0.05) is 6.54 Å². The molecule has 0 aliphatic heterocycles. The van der Waals surface area contributed by atoms with Crippen LogP contribution in [0.1, 0.15) is 26.2 Å². The second-order valence-corrected chi connectivity index (χ2v) is 4.39. The van der Waals surface area contributed by atoms with E-state index in [1.807, 2.05) is 0 Å². The molecule has 0 heterocycles. The number of carboxylic acid groups (broad SMARTS) is 1. The van der Waals surface area contributed by atoms with Crippen LogP contribution >= 0.6 is 0 Å². The van der Waals surface area contributed by atoms with Gasteiger partial charge in [0.1, 0.15) is 6.04 Å². The molecular formula is C10H20N2O2. The van der Waals surface area contributed by atoms with Gasteiger partial charge in [0.25, 0.3) is 0 Å². The summed E-state index contributed by atoms with van der Waals surface area (Å²) in [7, 11) is 0. The number of nitrogens with two attached hydrogens (primary N) is 1. The normalized spacial score (nSPS) is 29.0. The smallest absolute Gasteiger partial charge is 0.321 e. The molecule has 0 aromatic carbocycles. The Morgan fingerprint density at radius 1 is 1.64 bits per heavy atom. The van der Waals surface area contributed by atoms with E-state index in [0.717, 1.165) is 12.5 Å². The number of carbonyl (C=O) groups is 1. The molecule has 0 saturated heterocycles. The zero-order valence-corrected chi connectivity index (χ0v) is 8.70. The second-order valence-electron chi connectivity index (χ2n) is 4.39. The SMILES string of the molecule is CC1CCC(CNCC(N)C(=O)O)C1. The minimum Gasteiger partial charge on any atom is -0.480 e. The molecule has 0 aromatic heterocycles. The topological polar surface area (TPSA) is 75.3 Å². The van der Waals surface area contributed by atoms with Gasteiger partial charge in [-0.1, -0.05) is 13.3 Å². The van der Waals surface area contributed by atoms with Crippen molar-refractivity contribution < 1.29 is 9.90 Å². The molecular weight excluding hydrogens is 180 g/mol. The van der Waals surface area contributed by atoms with Gasteiger partial charge in [-0.05, 0) is 31.2 Å². The van der Waals surface area contributed by atoms with Crippen molar-refractivity contribution in [2.75, 3.05) is 13.1 Å². The van der Waals surface area contributed by atoms with Crippen molar-refractivity contribution in [3.05, 3.63) is 0 Å². The van der Waals surface area contributed by atoms with Crippen molar-refractivity contribution in [3.63, 3.8) is 0 Å². The Morgan fingerprint density at radius 2 is 2.36 bits per heavy atom. The number of hydrogen-bond acceptors (Lipinski definition) is 3. The highest BCUT2D eigenvalue weighted by Gasteiger charge is 2.21. The highest BCUT2D eigenvalue weighted by Crippen LogP contribution is 2.29. The summed E-state index contributed by atoms with van der Waals surface area (Å²) in [5, 5.41) is 11.7. The van der Waals surface area contributed by atoms with Crippen molar-refractivity contribution in [1.82, 2.24) is 5.32 Å². The highest BCUT2D eigenvalue weighted by atomic mass is 16.4. The largest absolute Gasteiger partial charge is 0.480 e. The fraction of sp³-hybridized carbons (Fsp3) is 0.900. The van der Waals surface area contributed by atoms with E-state index in [1.165, 1.54) is 19.3 Å². The molecule has 82 valence electrons. The number of nitrogens with one attached hydrogen (secondary N) is 1. The van der Waals surface area contributed by atoms with E-state index in [2.05, 4.69) is 12.2 Å². The number of aliphatic carboxylic acids is 1. The first-order valence-electron chi connectivity index (χ1n) is 5.28. The monoisotopic (exact) mass is 200 g/mol. The van der Waals surface area contributed by atoms with Crippen LogP contribution in [-0.2, 0) is 4.79 Å². The first-order chi connectivity index (χ1) is 6.59. The van der Waals surface area contributed by atoms with Crippen LogP contribution < -0.4 is 11.1 Å². The van der Waals surface area contributed by atoms with Gasteiger partial charge in [-0.25, -0.2) is 0 Å². The van der Waals surface area contributed by atoms with Crippen molar-refractivity contribution in [3.8, 4) is 0 Å². The lowest BCUT2D eigenvalue weighted by atomic mass is 10.1. The molecule has 0 aromatic rings. The summed E-state index contributed by atoms with van der Waals surface area (Å²) in [5.74, 6) is 0.609. The maximum Gasteiger partial charge on any atom is 0.321 e. The Bertz CT molecular complexity index is 197. The Kier molecular flexibility index (Phi) is 4.35. The van der Waals surface area contributed by atoms with Crippen molar-refractivity contribution >= 4 is 5.97 Å². The number of rotatable bonds is 5. The molecule has 0 radical (unpaired) electrons. The first kappa shape index (κ1) is 11.5. The summed E-state index contributed by atoms with van der Waals surface area (Å²) in [5.41, 5.74) is 5.37. The van der Waals surface area contributed by atoms with Crippen molar-refractivity contribution in [1.29, 1.82) is 0 Å². The third-order valence-corrected chi connectivity index (χ3v) is 2.92. The Labute approximate surface area is 84.9 Å². The molecule has 1 rings (SSSR count). The van der Waals surface area contributed by atoms with E-state index in [0.29, 0.717) is 12.5 Å². The fourth-order valence-electron chi connectivity index (χ4n) is 2.04. The molecule has 1 aliphatic carbocycles. The third-order valence-electron chi connectivity index (χ3n) is 2.92. The molecule has 4 nitrogen and oxygen atoms in total. The second kappa shape index (κ2) is 5.32. The van der Waals surface area contributed by atoms with E-state index in [9.17, 15) is 4.79 Å². The maximum atomic E-state index is 10.4. The maximum absolute atomic E-state index is 10.4. The van der Waals surface area contributed by atoms with E-state index < -0.39 is 12.0 Å². The zero-order chi connectivity index (χ0) is 10.6.